The molecule has 0 atom stereocenters. The van der Waals surface area contributed by atoms with Gasteiger partial charge in [0, 0.05) is 36.9 Å². The molecule has 2 aromatic rings. The van der Waals surface area contributed by atoms with Gasteiger partial charge < -0.3 is 5.32 Å². The highest BCUT2D eigenvalue weighted by Gasteiger charge is 2.32. The Morgan fingerprint density at radius 3 is 2.59 bits per heavy atom. The van der Waals surface area contributed by atoms with Crippen molar-refractivity contribution < 1.29 is 4.79 Å². The van der Waals surface area contributed by atoms with E-state index in [1.807, 2.05) is 0 Å². The van der Waals surface area contributed by atoms with Gasteiger partial charge in [0.15, 0.2) is 5.13 Å². The predicted octanol–water partition coefficient (Wildman–Crippen LogP) is 5.49. The smallest absolute Gasteiger partial charge is 0.229 e. The van der Waals surface area contributed by atoms with Gasteiger partial charge in [0.05, 0.1) is 5.69 Å². The minimum Gasteiger partial charge on any atom is -0.302 e. The molecule has 0 radical (unpaired) electrons. The molecule has 1 aliphatic carbocycles. The predicted molar refractivity (Wildman–Crippen MR) is 120 cm³/mol. The Hall–Kier alpha value is -1.72. The molecule has 0 saturated heterocycles. The first kappa shape index (κ1) is 20.5. The normalized spacial score (nSPS) is 22.9. The van der Waals surface area contributed by atoms with Crippen LogP contribution in [0.3, 0.4) is 0 Å². The van der Waals surface area contributed by atoms with Crippen molar-refractivity contribution in [3.05, 3.63) is 46.5 Å². The molecule has 1 aromatic heterocycles. The van der Waals surface area contributed by atoms with Crippen molar-refractivity contribution in [1.29, 1.82) is 0 Å². The number of thiazole rings is 1. The number of fused-ring (bicyclic) bond motifs is 1. The van der Waals surface area contributed by atoms with Crippen molar-refractivity contribution in [3.63, 3.8) is 0 Å². The van der Waals surface area contributed by atoms with E-state index in [0.717, 1.165) is 62.8 Å². The van der Waals surface area contributed by atoms with E-state index in [1.54, 1.807) is 11.3 Å². The number of aromatic nitrogens is 1. The van der Waals surface area contributed by atoms with Gasteiger partial charge in [-0.15, -0.1) is 11.3 Å². The summed E-state index contributed by atoms with van der Waals surface area (Å²) >= 11 is 1.66. The summed E-state index contributed by atoms with van der Waals surface area (Å²) in [6.07, 6.45) is 5.29. The van der Waals surface area contributed by atoms with Crippen LogP contribution in [-0.2, 0) is 24.3 Å². The first-order valence-corrected chi connectivity index (χ1v) is 11.8. The van der Waals surface area contributed by atoms with Crippen molar-refractivity contribution in [3.8, 4) is 0 Å². The highest BCUT2D eigenvalue weighted by Crippen LogP contribution is 2.40. The third-order valence-electron chi connectivity index (χ3n) is 6.61. The maximum atomic E-state index is 12.8. The molecule has 1 aromatic carbocycles. The molecule has 0 unspecified atom stereocenters. The number of hydrogen-bond acceptors (Lipinski definition) is 4. The summed E-state index contributed by atoms with van der Waals surface area (Å²) in [6, 6.07) is 10.6. The number of hydrogen-bond donors (Lipinski definition) is 1. The van der Waals surface area contributed by atoms with Crippen LogP contribution < -0.4 is 5.32 Å². The van der Waals surface area contributed by atoms with Gasteiger partial charge in [-0.05, 0) is 42.6 Å². The van der Waals surface area contributed by atoms with Crippen LogP contribution in [0.5, 0.6) is 0 Å². The Morgan fingerprint density at radius 1 is 1.17 bits per heavy atom. The third-order valence-corrected chi connectivity index (χ3v) is 7.61. The molecular formula is C24H33N3OS. The lowest BCUT2D eigenvalue weighted by molar-refractivity contribution is -0.121. The average Bonchev–Trinajstić information content (AvgIpc) is 3.09. The molecule has 0 spiro atoms. The van der Waals surface area contributed by atoms with Gasteiger partial charge in [0.2, 0.25) is 5.91 Å². The Bertz CT molecular complexity index is 832. The van der Waals surface area contributed by atoms with Gasteiger partial charge in [0.1, 0.15) is 0 Å². The van der Waals surface area contributed by atoms with E-state index < -0.39 is 0 Å². The van der Waals surface area contributed by atoms with Crippen LogP contribution in [0.15, 0.2) is 30.3 Å². The van der Waals surface area contributed by atoms with E-state index in [9.17, 15) is 4.79 Å². The Morgan fingerprint density at radius 2 is 1.90 bits per heavy atom. The zero-order valence-electron chi connectivity index (χ0n) is 17.9. The van der Waals surface area contributed by atoms with E-state index in [4.69, 9.17) is 4.98 Å². The molecule has 1 N–H and O–H groups in total. The van der Waals surface area contributed by atoms with Crippen molar-refractivity contribution in [2.75, 3.05) is 11.9 Å². The fourth-order valence-electron chi connectivity index (χ4n) is 4.71. The molecule has 29 heavy (non-hydrogen) atoms. The lowest BCUT2D eigenvalue weighted by Crippen LogP contribution is -2.31. The highest BCUT2D eigenvalue weighted by molar-refractivity contribution is 7.15. The summed E-state index contributed by atoms with van der Waals surface area (Å²) in [6.45, 7) is 9.87. The first-order chi connectivity index (χ1) is 13.9. The second kappa shape index (κ2) is 8.57. The van der Waals surface area contributed by atoms with Gasteiger partial charge in [-0.25, -0.2) is 4.98 Å². The van der Waals surface area contributed by atoms with Crippen LogP contribution in [0, 0.1) is 17.3 Å². The molecule has 4 rings (SSSR count). The second-order valence-corrected chi connectivity index (χ2v) is 10.8. The molecule has 5 heteroatoms. The number of rotatable bonds is 4. The Kier molecular flexibility index (Phi) is 6.07. The minimum atomic E-state index is 0.143. The summed E-state index contributed by atoms with van der Waals surface area (Å²) in [5.41, 5.74) is 2.87. The fraction of sp³-hybridized carbons (Fsp3) is 0.583. The topological polar surface area (TPSA) is 45.2 Å². The summed E-state index contributed by atoms with van der Waals surface area (Å²) < 4.78 is 0. The number of nitrogens with one attached hydrogen (secondary N) is 1. The van der Waals surface area contributed by atoms with Gasteiger partial charge >= 0.3 is 0 Å². The van der Waals surface area contributed by atoms with Gasteiger partial charge in [-0.2, -0.15) is 0 Å². The number of carbonyl (C=O) groups is 1. The van der Waals surface area contributed by atoms with Crippen molar-refractivity contribution in [2.24, 2.45) is 17.3 Å². The summed E-state index contributed by atoms with van der Waals surface area (Å²) in [5.74, 6) is 1.04. The molecule has 1 saturated carbocycles. The van der Waals surface area contributed by atoms with Crippen LogP contribution in [0.1, 0.15) is 62.6 Å². The molecule has 2 heterocycles. The average molecular weight is 412 g/mol. The van der Waals surface area contributed by atoms with Crippen LogP contribution in [0.2, 0.25) is 0 Å². The van der Waals surface area contributed by atoms with Crippen molar-refractivity contribution in [1.82, 2.24) is 9.88 Å². The van der Waals surface area contributed by atoms with Crippen LogP contribution >= 0.6 is 11.3 Å². The largest absolute Gasteiger partial charge is 0.302 e. The van der Waals surface area contributed by atoms with E-state index >= 15 is 0 Å². The van der Waals surface area contributed by atoms with E-state index in [2.05, 4.69) is 61.3 Å². The van der Waals surface area contributed by atoms with Gasteiger partial charge in [-0.3, -0.25) is 9.69 Å². The number of benzene rings is 1. The summed E-state index contributed by atoms with van der Waals surface area (Å²) in [5, 5.41) is 3.93. The Labute approximate surface area is 178 Å². The van der Waals surface area contributed by atoms with E-state index in [1.165, 1.54) is 16.1 Å². The SMILES string of the molecule is CC(C)(C)C1CCC(C(=O)Nc2nc3c(s2)CN(Cc2ccccc2)CC3)CC1. The zero-order valence-corrected chi connectivity index (χ0v) is 18.7. The zero-order chi connectivity index (χ0) is 20.4. The van der Waals surface area contributed by atoms with Crippen molar-refractivity contribution in [2.45, 2.75) is 66.0 Å². The third kappa shape index (κ3) is 5.07. The monoisotopic (exact) mass is 411 g/mol. The highest BCUT2D eigenvalue weighted by atomic mass is 32.1. The fourth-order valence-corrected chi connectivity index (χ4v) is 5.76. The molecule has 0 bridgehead atoms. The van der Waals surface area contributed by atoms with E-state index in [-0.39, 0.29) is 11.8 Å². The van der Waals surface area contributed by atoms with Crippen LogP contribution in [0.4, 0.5) is 5.13 Å². The maximum absolute atomic E-state index is 12.8. The van der Waals surface area contributed by atoms with Crippen LogP contribution in [0.25, 0.3) is 0 Å². The van der Waals surface area contributed by atoms with Crippen LogP contribution in [-0.4, -0.2) is 22.3 Å². The molecule has 156 valence electrons. The number of anilines is 1. The first-order valence-electron chi connectivity index (χ1n) is 10.9. The van der Waals surface area contributed by atoms with Gasteiger partial charge in [0.25, 0.3) is 0 Å². The number of amides is 1. The van der Waals surface area contributed by atoms with Gasteiger partial charge in [-0.1, -0.05) is 51.1 Å². The summed E-state index contributed by atoms with van der Waals surface area (Å²) in [7, 11) is 0. The Balaban J connectivity index is 1.32. The standard InChI is InChI=1S/C24H33N3OS/c1-24(2,3)19-11-9-18(10-12-19)22(28)26-23-25-20-13-14-27(16-21(20)29-23)15-17-7-5-4-6-8-17/h4-8,18-19H,9-16H2,1-3H3,(H,25,26,28). The quantitative estimate of drug-likeness (QED) is 0.723. The maximum Gasteiger partial charge on any atom is 0.229 e. The molecule has 2 aliphatic rings. The lowest BCUT2D eigenvalue weighted by atomic mass is 9.70. The molecule has 1 aliphatic heterocycles. The second-order valence-electron chi connectivity index (χ2n) is 9.74. The summed E-state index contributed by atoms with van der Waals surface area (Å²) in [4.78, 5) is 21.3. The molecule has 1 fully saturated rings. The number of nitrogens with zero attached hydrogens (tertiary/aromatic N) is 2. The number of carbonyl (C=O) groups excluding carboxylic acids is 1. The minimum absolute atomic E-state index is 0.143. The van der Waals surface area contributed by atoms with Crippen molar-refractivity contribution >= 4 is 22.4 Å². The van der Waals surface area contributed by atoms with E-state index in [0.29, 0.717) is 5.41 Å². The molecular weight excluding hydrogens is 378 g/mol. The lowest BCUT2D eigenvalue weighted by Gasteiger charge is -2.36. The molecule has 4 nitrogen and oxygen atoms in total. The molecule has 1 amide bonds.